The van der Waals surface area contributed by atoms with Crippen LogP contribution in [-0.2, 0) is 4.79 Å². The molecule has 2 aromatic rings. The number of ether oxygens (including phenoxy) is 1. The predicted molar refractivity (Wildman–Crippen MR) is 133 cm³/mol. The normalized spacial score (nSPS) is 10.4. The highest BCUT2D eigenvalue weighted by Crippen LogP contribution is 2.26. The van der Waals surface area contributed by atoms with Crippen molar-refractivity contribution in [2.24, 2.45) is 0 Å². The van der Waals surface area contributed by atoms with Gasteiger partial charge in [0.2, 0.25) is 5.91 Å². The molecule has 0 atom stereocenters. The van der Waals surface area contributed by atoms with Crippen molar-refractivity contribution in [3.05, 3.63) is 58.1 Å². The molecule has 0 bridgehead atoms. The minimum Gasteiger partial charge on any atom is -0.492 e. The summed E-state index contributed by atoms with van der Waals surface area (Å²) in [6.07, 6.45) is 6.73. The van der Waals surface area contributed by atoms with Gasteiger partial charge in [0.15, 0.2) is 0 Å². The summed E-state index contributed by atoms with van der Waals surface area (Å²) < 4.78 is 6.43. The van der Waals surface area contributed by atoms with Crippen molar-refractivity contribution in [1.29, 1.82) is 0 Å². The smallest absolute Gasteiger partial charge is 0.269 e. The Labute approximate surface area is 203 Å². The molecule has 0 saturated carbocycles. The second-order valence-electron chi connectivity index (χ2n) is 7.69. The van der Waals surface area contributed by atoms with Gasteiger partial charge in [0, 0.05) is 23.2 Å². The van der Waals surface area contributed by atoms with Crippen LogP contribution in [0.4, 0.5) is 5.69 Å². The molecule has 2 aromatic carbocycles. The number of hydrogen-bond acceptors (Lipinski definition) is 4. The first-order valence-electron chi connectivity index (χ1n) is 11.4. The SMILES string of the molecule is CCCCCCOc1ccc(C(=O)NNC(=O)c2ccc(NC(=O)CCCC)cc2)cc1Br. The van der Waals surface area contributed by atoms with Gasteiger partial charge in [0.25, 0.3) is 11.8 Å². The molecule has 0 saturated heterocycles. The van der Waals surface area contributed by atoms with Gasteiger partial charge in [-0.1, -0.05) is 39.5 Å². The molecule has 0 spiro atoms. The van der Waals surface area contributed by atoms with Crippen molar-refractivity contribution in [1.82, 2.24) is 10.9 Å². The summed E-state index contributed by atoms with van der Waals surface area (Å²) in [6.45, 7) is 4.82. The van der Waals surface area contributed by atoms with Gasteiger partial charge >= 0.3 is 0 Å². The highest BCUT2D eigenvalue weighted by atomic mass is 79.9. The molecule has 3 N–H and O–H groups in total. The van der Waals surface area contributed by atoms with Gasteiger partial charge in [0.05, 0.1) is 11.1 Å². The van der Waals surface area contributed by atoms with E-state index in [1.165, 1.54) is 12.8 Å². The largest absolute Gasteiger partial charge is 0.492 e. The van der Waals surface area contributed by atoms with Gasteiger partial charge in [-0.2, -0.15) is 0 Å². The second-order valence-corrected chi connectivity index (χ2v) is 8.55. The molecule has 7 nitrogen and oxygen atoms in total. The summed E-state index contributed by atoms with van der Waals surface area (Å²) in [4.78, 5) is 36.5. The molecule has 0 radical (unpaired) electrons. The van der Waals surface area contributed by atoms with Gasteiger partial charge < -0.3 is 10.1 Å². The predicted octanol–water partition coefficient (Wildman–Crippen LogP) is 5.61. The van der Waals surface area contributed by atoms with Crippen LogP contribution in [0.25, 0.3) is 0 Å². The third-order valence-electron chi connectivity index (χ3n) is 4.93. The van der Waals surface area contributed by atoms with Crippen molar-refractivity contribution in [2.75, 3.05) is 11.9 Å². The average molecular weight is 518 g/mol. The zero-order valence-corrected chi connectivity index (χ0v) is 20.8. The van der Waals surface area contributed by atoms with Crippen LogP contribution in [0.2, 0.25) is 0 Å². The topological polar surface area (TPSA) is 96.5 Å². The lowest BCUT2D eigenvalue weighted by molar-refractivity contribution is -0.116. The van der Waals surface area contributed by atoms with Crippen LogP contribution in [0.3, 0.4) is 0 Å². The van der Waals surface area contributed by atoms with Crippen LogP contribution >= 0.6 is 15.9 Å². The van der Waals surface area contributed by atoms with E-state index in [1.807, 2.05) is 6.92 Å². The van der Waals surface area contributed by atoms with Crippen molar-refractivity contribution >= 4 is 39.3 Å². The summed E-state index contributed by atoms with van der Waals surface area (Å²) in [5.41, 5.74) is 6.17. The van der Waals surface area contributed by atoms with E-state index in [4.69, 9.17) is 4.74 Å². The van der Waals surface area contributed by atoms with Gasteiger partial charge in [0.1, 0.15) is 5.75 Å². The molecule has 178 valence electrons. The Kier molecular flexibility index (Phi) is 11.4. The maximum absolute atomic E-state index is 12.4. The number of rotatable bonds is 12. The van der Waals surface area contributed by atoms with Crippen molar-refractivity contribution in [2.45, 2.75) is 58.8 Å². The molecule has 0 aliphatic rings. The standard InChI is InChI=1S/C25H32BrN3O4/c1-3-5-7-8-16-33-22-15-12-19(17-21(22)26)25(32)29-28-24(31)18-10-13-20(14-11-18)27-23(30)9-6-4-2/h10-15,17H,3-9,16H2,1-2H3,(H,27,30)(H,28,31)(H,29,32). The Bertz CT molecular complexity index is 932. The fraction of sp³-hybridized carbons (Fsp3) is 0.400. The van der Waals surface area contributed by atoms with Gasteiger partial charge in [-0.15, -0.1) is 0 Å². The van der Waals surface area contributed by atoms with Crippen LogP contribution < -0.4 is 20.9 Å². The summed E-state index contributed by atoms with van der Waals surface area (Å²) in [5.74, 6) is -0.286. The maximum atomic E-state index is 12.4. The molecule has 0 unspecified atom stereocenters. The Hall–Kier alpha value is -2.87. The highest BCUT2D eigenvalue weighted by molar-refractivity contribution is 9.10. The molecule has 0 heterocycles. The third-order valence-corrected chi connectivity index (χ3v) is 5.55. The zero-order valence-electron chi connectivity index (χ0n) is 19.2. The van der Waals surface area contributed by atoms with E-state index in [-0.39, 0.29) is 5.91 Å². The summed E-state index contributed by atoms with van der Waals surface area (Å²) in [6, 6.07) is 11.5. The van der Waals surface area contributed by atoms with E-state index in [0.717, 1.165) is 25.7 Å². The molecule has 2 rings (SSSR count). The lowest BCUT2D eigenvalue weighted by Crippen LogP contribution is -2.41. The van der Waals surface area contributed by atoms with E-state index in [0.29, 0.717) is 40.1 Å². The van der Waals surface area contributed by atoms with Crippen LogP contribution in [0.15, 0.2) is 46.9 Å². The molecule has 33 heavy (non-hydrogen) atoms. The fourth-order valence-electron chi connectivity index (χ4n) is 2.99. The lowest BCUT2D eigenvalue weighted by atomic mass is 10.2. The minimum absolute atomic E-state index is 0.0552. The monoisotopic (exact) mass is 517 g/mol. The van der Waals surface area contributed by atoms with Crippen molar-refractivity contribution < 1.29 is 19.1 Å². The van der Waals surface area contributed by atoms with E-state index in [1.54, 1.807) is 42.5 Å². The molecule has 8 heteroatoms. The summed E-state index contributed by atoms with van der Waals surface area (Å²) in [7, 11) is 0. The van der Waals surface area contributed by atoms with E-state index >= 15 is 0 Å². The first-order chi connectivity index (χ1) is 15.9. The number of carbonyl (C=O) groups is 3. The van der Waals surface area contributed by atoms with Gasteiger partial charge in [-0.25, -0.2) is 0 Å². The second kappa shape index (κ2) is 14.3. The lowest BCUT2D eigenvalue weighted by Gasteiger charge is -2.11. The Balaban J connectivity index is 1.82. The number of nitrogens with one attached hydrogen (secondary N) is 3. The molecular formula is C25H32BrN3O4. The number of carbonyl (C=O) groups excluding carboxylic acids is 3. The maximum Gasteiger partial charge on any atom is 0.269 e. The summed E-state index contributed by atoms with van der Waals surface area (Å²) >= 11 is 3.43. The van der Waals surface area contributed by atoms with E-state index in [2.05, 4.69) is 39.0 Å². The average Bonchev–Trinajstić information content (AvgIpc) is 2.82. The molecule has 0 aromatic heterocycles. The summed E-state index contributed by atoms with van der Waals surface area (Å²) in [5, 5.41) is 2.79. The van der Waals surface area contributed by atoms with E-state index < -0.39 is 11.8 Å². The first kappa shape index (κ1) is 26.4. The van der Waals surface area contributed by atoms with Crippen LogP contribution in [0.1, 0.15) is 79.5 Å². The van der Waals surface area contributed by atoms with Crippen LogP contribution in [0, 0.1) is 0 Å². The van der Waals surface area contributed by atoms with Crippen molar-refractivity contribution in [3.8, 4) is 5.75 Å². The first-order valence-corrected chi connectivity index (χ1v) is 12.2. The number of benzene rings is 2. The van der Waals surface area contributed by atoms with Crippen LogP contribution in [0.5, 0.6) is 5.75 Å². The Morgan fingerprint density at radius 2 is 1.45 bits per heavy atom. The minimum atomic E-state index is -0.460. The Morgan fingerprint density at radius 1 is 0.818 bits per heavy atom. The molecule has 0 aliphatic carbocycles. The van der Waals surface area contributed by atoms with E-state index in [9.17, 15) is 14.4 Å². The number of hydrazine groups is 1. The molecule has 3 amide bonds. The number of anilines is 1. The van der Waals surface area contributed by atoms with Gasteiger partial charge in [-0.05, 0) is 71.2 Å². The molecular weight excluding hydrogens is 486 g/mol. The Morgan fingerprint density at radius 3 is 2.09 bits per heavy atom. The molecule has 0 fully saturated rings. The number of amides is 3. The van der Waals surface area contributed by atoms with Crippen molar-refractivity contribution in [3.63, 3.8) is 0 Å². The third kappa shape index (κ3) is 9.26. The quantitative estimate of drug-likeness (QED) is 0.251. The molecule has 0 aliphatic heterocycles. The number of halogens is 1. The fourth-order valence-corrected chi connectivity index (χ4v) is 3.49. The zero-order chi connectivity index (χ0) is 24.1. The number of hydrogen-bond donors (Lipinski definition) is 3. The number of unbranched alkanes of at least 4 members (excludes halogenated alkanes) is 4. The van der Waals surface area contributed by atoms with Crippen LogP contribution in [-0.4, -0.2) is 24.3 Å². The highest BCUT2D eigenvalue weighted by Gasteiger charge is 2.12. The van der Waals surface area contributed by atoms with Gasteiger partial charge in [-0.3, -0.25) is 25.2 Å².